The zero-order chi connectivity index (χ0) is 23.2. The molecule has 0 aliphatic carbocycles. The van der Waals surface area contributed by atoms with E-state index in [1.807, 2.05) is 4.90 Å². The lowest BCUT2D eigenvalue weighted by Crippen LogP contribution is -2.43. The predicted molar refractivity (Wildman–Crippen MR) is 123 cm³/mol. The number of pyridine rings is 1. The van der Waals surface area contributed by atoms with Crippen molar-refractivity contribution in [2.24, 2.45) is 11.1 Å². The lowest BCUT2D eigenvalue weighted by molar-refractivity contribution is 0.108. The standard InChI is InChI=1S/C21H28ClFN6O3S/c22-18-16(23)17-15(10-25-18)19(28-7-1-4-14(11-28)12-33(24,30)31)27-20(26-17)32-13-21-5-2-8-29(21)9-3-6-21/h10,14H,1-9,11-13H2,(H2,24,30,31). The average molecular weight is 499 g/mol. The molecule has 33 heavy (non-hydrogen) atoms. The third-order valence-corrected chi connectivity index (χ3v) is 8.37. The third-order valence-electron chi connectivity index (χ3n) is 7.17. The van der Waals surface area contributed by atoms with Crippen LogP contribution in [0, 0.1) is 11.7 Å². The highest BCUT2D eigenvalue weighted by atomic mass is 35.5. The summed E-state index contributed by atoms with van der Waals surface area (Å²) in [6, 6.07) is 0.0976. The lowest BCUT2D eigenvalue weighted by Gasteiger charge is -2.34. The van der Waals surface area contributed by atoms with Gasteiger partial charge in [0.2, 0.25) is 10.0 Å². The monoisotopic (exact) mass is 498 g/mol. The van der Waals surface area contributed by atoms with E-state index in [4.69, 9.17) is 21.5 Å². The van der Waals surface area contributed by atoms with Crippen molar-refractivity contribution in [2.45, 2.75) is 44.1 Å². The smallest absolute Gasteiger partial charge is 0.319 e. The summed E-state index contributed by atoms with van der Waals surface area (Å²) in [6.07, 6.45) is 7.39. The van der Waals surface area contributed by atoms with Crippen molar-refractivity contribution in [3.8, 4) is 6.01 Å². The topological polar surface area (TPSA) is 115 Å². The van der Waals surface area contributed by atoms with Crippen LogP contribution in [0.5, 0.6) is 6.01 Å². The fourth-order valence-electron chi connectivity index (χ4n) is 5.69. The van der Waals surface area contributed by atoms with Crippen LogP contribution in [0.2, 0.25) is 5.15 Å². The minimum atomic E-state index is -3.60. The summed E-state index contributed by atoms with van der Waals surface area (Å²) in [5.74, 6) is -0.489. The van der Waals surface area contributed by atoms with Crippen LogP contribution in [0.25, 0.3) is 10.9 Å². The Kier molecular flexibility index (Phi) is 6.09. The predicted octanol–water partition coefficient (Wildman–Crippen LogP) is 2.33. The van der Waals surface area contributed by atoms with Gasteiger partial charge in [-0.3, -0.25) is 4.90 Å². The minimum absolute atomic E-state index is 0.00137. The molecule has 1 atom stereocenters. The van der Waals surface area contributed by atoms with Crippen molar-refractivity contribution in [3.05, 3.63) is 17.2 Å². The van der Waals surface area contributed by atoms with Gasteiger partial charge in [-0.1, -0.05) is 11.6 Å². The summed E-state index contributed by atoms with van der Waals surface area (Å²) in [6.45, 7) is 3.68. The number of ether oxygens (including phenoxy) is 1. The van der Waals surface area contributed by atoms with Crippen molar-refractivity contribution in [1.29, 1.82) is 0 Å². The maximum absolute atomic E-state index is 14.9. The molecule has 0 aromatic carbocycles. The number of hydrogen-bond donors (Lipinski definition) is 1. The fraction of sp³-hybridized carbons (Fsp3) is 0.667. The lowest BCUT2D eigenvalue weighted by atomic mass is 9.95. The van der Waals surface area contributed by atoms with Crippen LogP contribution < -0.4 is 14.8 Å². The maximum Gasteiger partial charge on any atom is 0.319 e. The van der Waals surface area contributed by atoms with Crippen LogP contribution in [0.15, 0.2) is 6.20 Å². The van der Waals surface area contributed by atoms with Crippen LogP contribution in [0.4, 0.5) is 10.2 Å². The highest BCUT2D eigenvalue weighted by Gasteiger charge is 2.45. The molecule has 180 valence electrons. The Morgan fingerprint density at radius 1 is 1.21 bits per heavy atom. The number of nitrogens with zero attached hydrogens (tertiary/aromatic N) is 5. The molecule has 2 aromatic rings. The maximum atomic E-state index is 14.9. The molecule has 0 bridgehead atoms. The molecule has 3 aliphatic rings. The number of nitrogens with two attached hydrogens (primary N) is 1. The first-order valence-corrected chi connectivity index (χ1v) is 13.5. The normalized spacial score (nSPS) is 23.2. The summed E-state index contributed by atoms with van der Waals surface area (Å²) < 4.78 is 44.3. The van der Waals surface area contributed by atoms with Crippen LogP contribution in [0.3, 0.4) is 0 Å². The van der Waals surface area contributed by atoms with Gasteiger partial charge in [0, 0.05) is 19.3 Å². The van der Waals surface area contributed by atoms with Gasteiger partial charge in [0.1, 0.15) is 17.9 Å². The molecule has 12 heteroatoms. The van der Waals surface area contributed by atoms with Crippen molar-refractivity contribution in [1.82, 2.24) is 19.9 Å². The van der Waals surface area contributed by atoms with E-state index in [1.54, 1.807) is 0 Å². The molecular formula is C21H28ClFN6O3S. The summed E-state index contributed by atoms with van der Waals surface area (Å²) in [4.78, 5) is 17.3. The molecule has 0 saturated carbocycles. The first kappa shape index (κ1) is 22.9. The van der Waals surface area contributed by atoms with E-state index in [0.717, 1.165) is 51.6 Å². The molecule has 5 rings (SSSR count). The zero-order valence-electron chi connectivity index (χ0n) is 18.3. The van der Waals surface area contributed by atoms with E-state index in [1.165, 1.54) is 6.20 Å². The van der Waals surface area contributed by atoms with Crippen LogP contribution in [-0.4, -0.2) is 72.3 Å². The van der Waals surface area contributed by atoms with Crippen LogP contribution >= 0.6 is 11.6 Å². The van der Waals surface area contributed by atoms with E-state index in [2.05, 4.69) is 19.9 Å². The van der Waals surface area contributed by atoms with E-state index >= 15 is 0 Å². The first-order chi connectivity index (χ1) is 15.7. The van der Waals surface area contributed by atoms with Gasteiger partial charge >= 0.3 is 6.01 Å². The zero-order valence-corrected chi connectivity index (χ0v) is 19.9. The second-order valence-corrected chi connectivity index (χ2v) is 11.5. The van der Waals surface area contributed by atoms with Crippen LogP contribution in [-0.2, 0) is 10.0 Å². The quantitative estimate of drug-likeness (QED) is 0.603. The van der Waals surface area contributed by atoms with Gasteiger partial charge in [0.15, 0.2) is 11.0 Å². The largest absolute Gasteiger partial charge is 0.461 e. The van der Waals surface area contributed by atoms with Gasteiger partial charge in [-0.05, 0) is 57.5 Å². The highest BCUT2D eigenvalue weighted by Crippen LogP contribution is 2.39. The Morgan fingerprint density at radius 2 is 1.97 bits per heavy atom. The molecule has 2 aromatic heterocycles. The Morgan fingerprint density at radius 3 is 2.70 bits per heavy atom. The molecule has 0 spiro atoms. The molecule has 3 saturated heterocycles. The number of fused-ring (bicyclic) bond motifs is 2. The number of hydrogen-bond acceptors (Lipinski definition) is 8. The third kappa shape index (κ3) is 4.60. The molecule has 3 fully saturated rings. The molecular weight excluding hydrogens is 471 g/mol. The average Bonchev–Trinajstić information content (AvgIpc) is 3.34. The van der Waals surface area contributed by atoms with Crippen LogP contribution in [0.1, 0.15) is 38.5 Å². The minimum Gasteiger partial charge on any atom is -0.461 e. The molecule has 0 radical (unpaired) electrons. The molecule has 1 unspecified atom stereocenters. The number of anilines is 1. The summed E-state index contributed by atoms with van der Waals surface area (Å²) in [5, 5.41) is 5.43. The molecule has 3 aliphatic heterocycles. The van der Waals surface area contributed by atoms with Gasteiger partial charge in [-0.25, -0.2) is 22.9 Å². The number of sulfonamides is 1. The van der Waals surface area contributed by atoms with Crippen molar-refractivity contribution in [2.75, 3.05) is 43.4 Å². The summed E-state index contributed by atoms with van der Waals surface area (Å²) in [7, 11) is -3.60. The van der Waals surface area contributed by atoms with Gasteiger partial charge in [0.05, 0.1) is 16.7 Å². The Hall–Kier alpha value is -1.82. The Bertz CT molecular complexity index is 1160. The number of halogens is 2. The van der Waals surface area contributed by atoms with E-state index in [9.17, 15) is 12.8 Å². The van der Waals surface area contributed by atoms with Gasteiger partial charge in [0.25, 0.3) is 0 Å². The first-order valence-electron chi connectivity index (χ1n) is 11.4. The van der Waals surface area contributed by atoms with Gasteiger partial charge in [-0.2, -0.15) is 9.97 Å². The second kappa shape index (κ2) is 8.75. The van der Waals surface area contributed by atoms with Crippen molar-refractivity contribution >= 4 is 38.3 Å². The number of piperidine rings is 1. The molecule has 0 amide bonds. The van der Waals surface area contributed by atoms with E-state index in [-0.39, 0.29) is 33.9 Å². The number of aromatic nitrogens is 3. The SMILES string of the molecule is NS(=O)(=O)CC1CCCN(c2nc(OCC34CCCN3CCC4)nc3c(F)c(Cl)ncc23)C1. The summed E-state index contributed by atoms with van der Waals surface area (Å²) in [5.41, 5.74) is 0.0503. The fourth-order valence-corrected chi connectivity index (χ4v) is 6.75. The number of rotatable bonds is 6. The highest BCUT2D eigenvalue weighted by molar-refractivity contribution is 7.89. The Labute approximate surface area is 197 Å². The molecule has 2 N–H and O–H groups in total. The van der Waals surface area contributed by atoms with Crippen molar-refractivity contribution in [3.63, 3.8) is 0 Å². The molecule has 9 nitrogen and oxygen atoms in total. The second-order valence-electron chi connectivity index (χ2n) is 9.45. The Balaban J connectivity index is 1.47. The van der Waals surface area contributed by atoms with Crippen molar-refractivity contribution < 1.29 is 17.5 Å². The van der Waals surface area contributed by atoms with Gasteiger partial charge in [-0.15, -0.1) is 0 Å². The summed E-state index contributed by atoms with van der Waals surface area (Å²) >= 11 is 5.94. The molecule has 5 heterocycles. The van der Waals surface area contributed by atoms with Gasteiger partial charge < -0.3 is 9.64 Å². The van der Waals surface area contributed by atoms with E-state index < -0.39 is 15.8 Å². The van der Waals surface area contributed by atoms with E-state index in [0.29, 0.717) is 30.9 Å². The number of primary sulfonamides is 1.